The van der Waals surface area contributed by atoms with Crippen molar-refractivity contribution in [3.63, 3.8) is 0 Å². The number of pyridine rings is 1. The fraction of sp³-hybridized carbons (Fsp3) is 0.385. The highest BCUT2D eigenvalue weighted by Gasteiger charge is 2.11. The largest absolute Gasteiger partial charge is 0.312 e. The summed E-state index contributed by atoms with van der Waals surface area (Å²) in [6.07, 6.45) is 5.66. The van der Waals surface area contributed by atoms with E-state index in [1.54, 1.807) is 0 Å². The summed E-state index contributed by atoms with van der Waals surface area (Å²) in [5.41, 5.74) is 2.32. The highest BCUT2D eigenvalue weighted by Crippen LogP contribution is 2.18. The van der Waals surface area contributed by atoms with Gasteiger partial charge in [-0.25, -0.2) is 0 Å². The maximum Gasteiger partial charge on any atom is 0.0574 e. The van der Waals surface area contributed by atoms with Gasteiger partial charge in [-0.15, -0.1) is 0 Å². The van der Waals surface area contributed by atoms with Gasteiger partial charge in [0.05, 0.1) is 5.69 Å². The number of nitrogens with zero attached hydrogens (tertiary/aromatic N) is 3. The van der Waals surface area contributed by atoms with E-state index in [1.165, 1.54) is 5.69 Å². The van der Waals surface area contributed by atoms with Crippen molar-refractivity contribution in [3.8, 4) is 0 Å². The van der Waals surface area contributed by atoms with Crippen LogP contribution in [0.4, 0.5) is 0 Å². The standard InChI is InChI=1S/C13H17BrN4/c1-15-12(13-5-3-10(14)9-16-13)6-4-11-7-8-17-18(11)2/h3,5,7-9,12,15H,4,6H2,1-2H3. The molecule has 1 atom stereocenters. The Labute approximate surface area is 116 Å². The molecule has 0 saturated heterocycles. The van der Waals surface area contributed by atoms with E-state index < -0.39 is 0 Å². The van der Waals surface area contributed by atoms with Crippen LogP contribution in [0.2, 0.25) is 0 Å². The van der Waals surface area contributed by atoms with Crippen molar-refractivity contribution in [1.29, 1.82) is 0 Å². The maximum atomic E-state index is 4.44. The van der Waals surface area contributed by atoms with Crippen LogP contribution in [0.25, 0.3) is 0 Å². The molecular formula is C13H17BrN4. The molecule has 0 aromatic carbocycles. The van der Waals surface area contributed by atoms with Crippen molar-refractivity contribution >= 4 is 15.9 Å². The zero-order valence-electron chi connectivity index (χ0n) is 10.6. The topological polar surface area (TPSA) is 42.7 Å². The van der Waals surface area contributed by atoms with Crippen LogP contribution in [-0.4, -0.2) is 21.8 Å². The van der Waals surface area contributed by atoms with Gasteiger partial charge in [0.25, 0.3) is 0 Å². The SMILES string of the molecule is CNC(CCc1ccnn1C)c1ccc(Br)cn1. The predicted molar refractivity (Wildman–Crippen MR) is 75.3 cm³/mol. The van der Waals surface area contributed by atoms with Crippen molar-refractivity contribution in [2.24, 2.45) is 7.05 Å². The van der Waals surface area contributed by atoms with Gasteiger partial charge in [0.15, 0.2) is 0 Å². The van der Waals surface area contributed by atoms with Gasteiger partial charge in [0.2, 0.25) is 0 Å². The van der Waals surface area contributed by atoms with Gasteiger partial charge in [-0.2, -0.15) is 5.10 Å². The molecule has 1 N–H and O–H groups in total. The summed E-state index contributed by atoms with van der Waals surface area (Å²) in [4.78, 5) is 4.44. The minimum absolute atomic E-state index is 0.271. The molecule has 2 rings (SSSR count). The summed E-state index contributed by atoms with van der Waals surface area (Å²) in [5, 5.41) is 7.49. The number of nitrogens with one attached hydrogen (secondary N) is 1. The number of hydrogen-bond acceptors (Lipinski definition) is 3. The maximum absolute atomic E-state index is 4.44. The van der Waals surface area contributed by atoms with E-state index in [0.29, 0.717) is 0 Å². The fourth-order valence-electron chi connectivity index (χ4n) is 1.97. The fourth-order valence-corrected chi connectivity index (χ4v) is 2.21. The molecule has 0 aliphatic carbocycles. The first-order chi connectivity index (χ1) is 8.70. The lowest BCUT2D eigenvalue weighted by Crippen LogP contribution is -2.18. The average molecular weight is 309 g/mol. The van der Waals surface area contributed by atoms with Crippen molar-refractivity contribution in [2.45, 2.75) is 18.9 Å². The summed E-state index contributed by atoms with van der Waals surface area (Å²) in [6.45, 7) is 0. The Morgan fingerprint density at radius 2 is 2.22 bits per heavy atom. The van der Waals surface area contributed by atoms with Crippen LogP contribution in [0.5, 0.6) is 0 Å². The lowest BCUT2D eigenvalue weighted by Gasteiger charge is -2.15. The highest BCUT2D eigenvalue weighted by molar-refractivity contribution is 9.10. The van der Waals surface area contributed by atoms with Crippen LogP contribution in [0, 0.1) is 0 Å². The Balaban J connectivity index is 2.01. The molecule has 2 aromatic rings. The van der Waals surface area contributed by atoms with E-state index >= 15 is 0 Å². The molecule has 5 heteroatoms. The van der Waals surface area contributed by atoms with Gasteiger partial charge in [-0.05, 0) is 54.0 Å². The third-order valence-corrected chi connectivity index (χ3v) is 3.54. The molecule has 0 fully saturated rings. The van der Waals surface area contributed by atoms with Crippen LogP contribution in [-0.2, 0) is 13.5 Å². The number of aromatic nitrogens is 3. The molecule has 1 unspecified atom stereocenters. The van der Waals surface area contributed by atoms with E-state index in [1.807, 2.05) is 37.2 Å². The molecule has 18 heavy (non-hydrogen) atoms. The number of hydrogen-bond donors (Lipinski definition) is 1. The van der Waals surface area contributed by atoms with Gasteiger partial charge in [0, 0.05) is 35.6 Å². The Bertz CT molecular complexity index is 492. The van der Waals surface area contributed by atoms with Crippen molar-refractivity contribution in [3.05, 3.63) is 46.5 Å². The number of aryl methyl sites for hydroxylation is 2. The summed E-state index contributed by atoms with van der Waals surface area (Å²) >= 11 is 3.40. The smallest absolute Gasteiger partial charge is 0.0574 e. The summed E-state index contributed by atoms with van der Waals surface area (Å²) in [5.74, 6) is 0. The molecule has 96 valence electrons. The normalized spacial score (nSPS) is 12.6. The van der Waals surface area contributed by atoms with Crippen molar-refractivity contribution in [1.82, 2.24) is 20.1 Å². The van der Waals surface area contributed by atoms with Crippen molar-refractivity contribution < 1.29 is 0 Å². The second-order valence-electron chi connectivity index (χ2n) is 4.23. The summed E-state index contributed by atoms with van der Waals surface area (Å²) in [7, 11) is 3.94. The highest BCUT2D eigenvalue weighted by atomic mass is 79.9. The second kappa shape index (κ2) is 6.11. The van der Waals surface area contributed by atoms with E-state index in [0.717, 1.165) is 23.0 Å². The van der Waals surface area contributed by atoms with Gasteiger partial charge in [-0.1, -0.05) is 0 Å². The third-order valence-electron chi connectivity index (χ3n) is 3.07. The summed E-state index contributed by atoms with van der Waals surface area (Å²) < 4.78 is 2.93. The van der Waals surface area contributed by atoms with Crippen LogP contribution < -0.4 is 5.32 Å². The van der Waals surface area contributed by atoms with E-state index in [9.17, 15) is 0 Å². The molecule has 0 aliphatic rings. The Morgan fingerprint density at radius 1 is 1.39 bits per heavy atom. The van der Waals surface area contributed by atoms with Gasteiger partial charge in [-0.3, -0.25) is 9.67 Å². The molecule has 2 aromatic heterocycles. The Morgan fingerprint density at radius 3 is 2.78 bits per heavy atom. The second-order valence-corrected chi connectivity index (χ2v) is 5.14. The Hall–Kier alpha value is -1.20. The first kappa shape index (κ1) is 13.2. The number of halogens is 1. The molecule has 0 radical (unpaired) electrons. The molecule has 2 heterocycles. The lowest BCUT2D eigenvalue weighted by atomic mass is 10.1. The number of rotatable bonds is 5. The van der Waals surface area contributed by atoms with Gasteiger partial charge in [0.1, 0.15) is 0 Å². The van der Waals surface area contributed by atoms with E-state index in [2.05, 4.69) is 43.5 Å². The molecule has 0 saturated carbocycles. The monoisotopic (exact) mass is 308 g/mol. The Kier molecular flexibility index (Phi) is 4.49. The van der Waals surface area contributed by atoms with Crippen LogP contribution in [0.15, 0.2) is 35.1 Å². The van der Waals surface area contributed by atoms with Crippen LogP contribution in [0.3, 0.4) is 0 Å². The minimum Gasteiger partial charge on any atom is -0.312 e. The van der Waals surface area contributed by atoms with Gasteiger partial charge < -0.3 is 5.32 Å². The molecule has 0 spiro atoms. The molecule has 0 amide bonds. The van der Waals surface area contributed by atoms with Crippen molar-refractivity contribution in [2.75, 3.05) is 7.05 Å². The molecule has 0 bridgehead atoms. The third kappa shape index (κ3) is 3.17. The zero-order chi connectivity index (χ0) is 13.0. The quantitative estimate of drug-likeness (QED) is 0.922. The molecule has 0 aliphatic heterocycles. The van der Waals surface area contributed by atoms with E-state index in [4.69, 9.17) is 0 Å². The van der Waals surface area contributed by atoms with Crippen LogP contribution in [0.1, 0.15) is 23.9 Å². The van der Waals surface area contributed by atoms with Crippen LogP contribution >= 0.6 is 15.9 Å². The molecular weight excluding hydrogens is 292 g/mol. The minimum atomic E-state index is 0.271. The zero-order valence-corrected chi connectivity index (χ0v) is 12.2. The lowest BCUT2D eigenvalue weighted by molar-refractivity contribution is 0.524. The molecule has 4 nitrogen and oxygen atoms in total. The van der Waals surface area contributed by atoms with E-state index in [-0.39, 0.29) is 6.04 Å². The summed E-state index contributed by atoms with van der Waals surface area (Å²) in [6, 6.07) is 6.40. The predicted octanol–water partition coefficient (Wildman–Crippen LogP) is 2.47. The van der Waals surface area contributed by atoms with Gasteiger partial charge >= 0.3 is 0 Å². The first-order valence-electron chi connectivity index (χ1n) is 5.96. The average Bonchev–Trinajstić information content (AvgIpc) is 2.78. The first-order valence-corrected chi connectivity index (χ1v) is 6.75.